The Bertz CT molecular complexity index is 583. The molecule has 1 unspecified atom stereocenters. The number of hydrogen-bond donors (Lipinski definition) is 2. The van der Waals surface area contributed by atoms with Gasteiger partial charge in [-0.25, -0.2) is 4.79 Å². The minimum atomic E-state index is -1.78. The van der Waals surface area contributed by atoms with E-state index in [1.807, 2.05) is 6.92 Å². The largest absolute Gasteiger partial charge is 0.466 e. The van der Waals surface area contributed by atoms with Gasteiger partial charge in [0.2, 0.25) is 6.29 Å². The van der Waals surface area contributed by atoms with Crippen LogP contribution in [-0.4, -0.2) is 61.9 Å². The van der Waals surface area contributed by atoms with Crippen LogP contribution in [0.15, 0.2) is 11.6 Å². The number of carbonyl (C=O) groups excluding carboxylic acids is 2. The molecule has 0 aromatic carbocycles. The average molecular weight is 387 g/mol. The summed E-state index contributed by atoms with van der Waals surface area (Å²) in [5, 5.41) is 20.9. The molecule has 1 fully saturated rings. The van der Waals surface area contributed by atoms with Gasteiger partial charge in [-0.05, 0) is 24.5 Å². The number of carbonyl (C=O) groups is 2. The second-order valence-electron chi connectivity index (χ2n) is 8.52. The second kappa shape index (κ2) is 7.80. The summed E-state index contributed by atoms with van der Waals surface area (Å²) in [6.07, 6.45) is -0.191. The van der Waals surface area contributed by atoms with Crippen LogP contribution in [0.3, 0.4) is 0 Å². The van der Waals surface area contributed by atoms with E-state index in [4.69, 9.17) is 14.2 Å². The van der Waals surface area contributed by atoms with Gasteiger partial charge in [0, 0.05) is 21.6 Å². The maximum Gasteiger partial charge on any atom is 0.339 e. The molecule has 5 atom stereocenters. The highest BCUT2D eigenvalue weighted by Gasteiger charge is 2.55. The highest BCUT2D eigenvalue weighted by atomic mass is 28.3. The molecule has 8 heteroatoms. The summed E-state index contributed by atoms with van der Waals surface area (Å²) >= 11 is 0. The molecule has 1 saturated carbocycles. The maximum atomic E-state index is 12.7. The Morgan fingerprint density at radius 2 is 2.08 bits per heavy atom. The minimum Gasteiger partial charge on any atom is -0.466 e. The molecule has 0 bridgehead atoms. The number of hydrogen-bond acceptors (Lipinski definition) is 7. The van der Waals surface area contributed by atoms with Crippen molar-refractivity contribution in [2.45, 2.75) is 63.4 Å². The number of methoxy groups -OCH3 is 1. The van der Waals surface area contributed by atoms with E-state index in [9.17, 15) is 19.8 Å². The summed E-state index contributed by atoms with van der Waals surface area (Å²) in [7, 11) is 0.169. The number of aliphatic hydroxyl groups is 2. The number of rotatable bonds is 6. The van der Waals surface area contributed by atoms with Crippen LogP contribution in [0, 0.1) is 11.8 Å². The average Bonchev–Trinajstić information content (AvgIpc) is 2.87. The topological polar surface area (TPSA) is 102 Å². The van der Waals surface area contributed by atoms with Crippen molar-refractivity contribution in [3.05, 3.63) is 11.6 Å². The van der Waals surface area contributed by atoms with Crippen molar-refractivity contribution in [1.29, 1.82) is 0 Å². The summed E-state index contributed by atoms with van der Waals surface area (Å²) in [5.74, 6) is -2.24. The van der Waals surface area contributed by atoms with E-state index in [-0.39, 0.29) is 24.0 Å². The SMILES string of the molecule is CO[C@H]1C[C@@](O)(C2=CC(O)OC2=O)[C@H](C(=O)OCC[Si](C)(C)C)C[C@@H]1C. The second-order valence-corrected chi connectivity index (χ2v) is 14.1. The van der Waals surface area contributed by atoms with Crippen molar-refractivity contribution in [1.82, 2.24) is 0 Å². The minimum absolute atomic E-state index is 0.0118. The van der Waals surface area contributed by atoms with E-state index in [0.29, 0.717) is 13.0 Å². The third-order valence-electron chi connectivity index (χ3n) is 5.24. The Labute approximate surface area is 155 Å². The number of esters is 2. The molecule has 7 nitrogen and oxygen atoms in total. The Balaban J connectivity index is 2.24. The molecule has 2 N–H and O–H groups in total. The Hall–Kier alpha value is -1.22. The fraction of sp³-hybridized carbons (Fsp3) is 0.778. The third-order valence-corrected chi connectivity index (χ3v) is 6.94. The zero-order valence-electron chi connectivity index (χ0n) is 16.2. The fourth-order valence-electron chi connectivity index (χ4n) is 3.57. The van der Waals surface area contributed by atoms with Crippen LogP contribution in [0.25, 0.3) is 0 Å². The molecule has 1 aliphatic carbocycles. The zero-order valence-corrected chi connectivity index (χ0v) is 17.2. The van der Waals surface area contributed by atoms with E-state index in [1.54, 1.807) is 0 Å². The van der Waals surface area contributed by atoms with Crippen LogP contribution >= 0.6 is 0 Å². The first-order valence-electron chi connectivity index (χ1n) is 9.01. The van der Waals surface area contributed by atoms with Crippen molar-refractivity contribution < 1.29 is 34.0 Å². The lowest BCUT2D eigenvalue weighted by molar-refractivity contribution is -0.169. The first-order valence-corrected chi connectivity index (χ1v) is 12.7. The van der Waals surface area contributed by atoms with Crippen LogP contribution in [-0.2, 0) is 23.8 Å². The van der Waals surface area contributed by atoms with Crippen LogP contribution in [0.1, 0.15) is 19.8 Å². The predicted octanol–water partition coefficient (Wildman–Crippen LogP) is 1.46. The molecule has 0 aromatic rings. The zero-order chi connectivity index (χ0) is 19.7. The molecular weight excluding hydrogens is 356 g/mol. The molecule has 0 spiro atoms. The molecule has 0 aromatic heterocycles. The maximum absolute atomic E-state index is 12.7. The van der Waals surface area contributed by atoms with Crippen molar-refractivity contribution in [3.8, 4) is 0 Å². The van der Waals surface area contributed by atoms with Gasteiger partial charge in [-0.2, -0.15) is 0 Å². The molecule has 2 aliphatic rings. The summed E-state index contributed by atoms with van der Waals surface area (Å²) < 4.78 is 15.6. The molecule has 0 saturated heterocycles. The molecule has 26 heavy (non-hydrogen) atoms. The normalized spacial score (nSPS) is 35.0. The van der Waals surface area contributed by atoms with Gasteiger partial charge in [0.05, 0.1) is 24.2 Å². The summed E-state index contributed by atoms with van der Waals surface area (Å²) in [6.45, 7) is 8.79. The summed E-state index contributed by atoms with van der Waals surface area (Å²) in [4.78, 5) is 24.8. The lowest BCUT2D eigenvalue weighted by Gasteiger charge is -2.44. The van der Waals surface area contributed by atoms with E-state index in [0.717, 1.165) is 12.1 Å². The molecule has 1 heterocycles. The first kappa shape index (κ1) is 21.1. The Kier molecular flexibility index (Phi) is 6.32. The van der Waals surface area contributed by atoms with E-state index in [2.05, 4.69) is 19.6 Å². The van der Waals surface area contributed by atoms with Crippen LogP contribution in [0.2, 0.25) is 25.7 Å². The molecule has 2 rings (SSSR count). The number of ether oxygens (including phenoxy) is 3. The molecular formula is C18H30O7Si. The van der Waals surface area contributed by atoms with Gasteiger partial charge in [-0.3, -0.25) is 4.79 Å². The molecule has 1 aliphatic heterocycles. The monoisotopic (exact) mass is 386 g/mol. The van der Waals surface area contributed by atoms with Crippen LogP contribution < -0.4 is 0 Å². The van der Waals surface area contributed by atoms with Crippen molar-refractivity contribution >= 4 is 20.0 Å². The number of cyclic esters (lactones) is 1. The smallest absolute Gasteiger partial charge is 0.339 e. The van der Waals surface area contributed by atoms with E-state index < -0.39 is 37.8 Å². The highest BCUT2D eigenvalue weighted by molar-refractivity contribution is 6.76. The van der Waals surface area contributed by atoms with Gasteiger partial charge in [0.1, 0.15) is 5.60 Å². The quantitative estimate of drug-likeness (QED) is 0.526. The van der Waals surface area contributed by atoms with Gasteiger partial charge in [0.15, 0.2) is 0 Å². The predicted molar refractivity (Wildman–Crippen MR) is 96.9 cm³/mol. The van der Waals surface area contributed by atoms with Gasteiger partial charge < -0.3 is 24.4 Å². The van der Waals surface area contributed by atoms with Gasteiger partial charge >= 0.3 is 11.9 Å². The lowest BCUT2D eigenvalue weighted by atomic mass is 9.66. The molecule has 148 valence electrons. The van der Waals surface area contributed by atoms with Crippen molar-refractivity contribution in [2.75, 3.05) is 13.7 Å². The summed E-state index contributed by atoms with van der Waals surface area (Å²) in [6, 6.07) is 0.823. The van der Waals surface area contributed by atoms with Crippen LogP contribution in [0.4, 0.5) is 0 Å². The van der Waals surface area contributed by atoms with Gasteiger partial charge in [-0.1, -0.05) is 26.6 Å². The molecule has 0 amide bonds. The van der Waals surface area contributed by atoms with Crippen molar-refractivity contribution in [2.24, 2.45) is 11.8 Å². The Morgan fingerprint density at radius 3 is 2.58 bits per heavy atom. The Morgan fingerprint density at radius 1 is 1.42 bits per heavy atom. The molecule has 0 radical (unpaired) electrons. The lowest BCUT2D eigenvalue weighted by Crippen LogP contribution is -2.54. The fourth-order valence-corrected chi connectivity index (χ4v) is 4.28. The van der Waals surface area contributed by atoms with E-state index >= 15 is 0 Å². The van der Waals surface area contributed by atoms with Gasteiger partial charge in [0.25, 0.3) is 0 Å². The first-order chi connectivity index (χ1) is 12.0. The third kappa shape index (κ3) is 4.54. The van der Waals surface area contributed by atoms with E-state index in [1.165, 1.54) is 7.11 Å². The standard InChI is InChI=1S/C18H30O7Si/c1-11-8-12(16(20)24-6-7-26(3,4)5)18(22,10-14(11)23-2)13-9-15(19)25-17(13)21/h9,11-12,14-15,19,22H,6-8,10H2,1-5H3/t11-,12-,14-,15?,18-/m0/s1. The van der Waals surface area contributed by atoms with Crippen LogP contribution in [0.5, 0.6) is 0 Å². The number of aliphatic hydroxyl groups excluding tert-OH is 1. The van der Waals surface area contributed by atoms with Gasteiger partial charge in [-0.15, -0.1) is 0 Å². The highest BCUT2D eigenvalue weighted by Crippen LogP contribution is 2.45. The van der Waals surface area contributed by atoms with Crippen molar-refractivity contribution in [3.63, 3.8) is 0 Å². The summed E-state index contributed by atoms with van der Waals surface area (Å²) in [5.41, 5.74) is -1.87.